The van der Waals surface area contributed by atoms with Crippen LogP contribution in [0.5, 0.6) is 0 Å². The van der Waals surface area contributed by atoms with Gasteiger partial charge in [0.1, 0.15) is 5.76 Å². The average molecular weight is 367 g/mol. The van der Waals surface area contributed by atoms with Gasteiger partial charge in [-0.2, -0.15) is 0 Å². The lowest BCUT2D eigenvalue weighted by atomic mass is 9.97. The molecule has 1 aliphatic heterocycles. The molecule has 142 valence electrons. The van der Waals surface area contributed by atoms with Crippen LogP contribution in [-0.2, 0) is 4.79 Å². The average Bonchev–Trinajstić information content (AvgIpc) is 3.18. The molecule has 6 heteroatoms. The highest BCUT2D eigenvalue weighted by Crippen LogP contribution is 2.17. The van der Waals surface area contributed by atoms with Crippen LogP contribution in [0, 0.1) is 12.8 Å². The molecule has 6 nitrogen and oxygen atoms in total. The van der Waals surface area contributed by atoms with Gasteiger partial charge in [-0.15, -0.1) is 0 Å². The summed E-state index contributed by atoms with van der Waals surface area (Å²) < 4.78 is 5.19. The first-order chi connectivity index (χ1) is 13.1. The zero-order valence-corrected chi connectivity index (χ0v) is 15.5. The van der Waals surface area contributed by atoms with Crippen LogP contribution in [0.2, 0.25) is 0 Å². The highest BCUT2D eigenvalue weighted by Gasteiger charge is 2.22. The van der Waals surface area contributed by atoms with E-state index >= 15 is 0 Å². The lowest BCUT2D eigenvalue weighted by molar-refractivity contribution is -0.127. The van der Waals surface area contributed by atoms with Gasteiger partial charge in [-0.3, -0.25) is 4.79 Å². The Kier molecular flexibility index (Phi) is 6.30. The van der Waals surface area contributed by atoms with Gasteiger partial charge < -0.3 is 20.0 Å². The second-order valence-corrected chi connectivity index (χ2v) is 6.82. The van der Waals surface area contributed by atoms with E-state index < -0.39 is 0 Å². The van der Waals surface area contributed by atoms with E-state index in [2.05, 4.69) is 10.6 Å². The highest BCUT2D eigenvalue weighted by atomic mass is 16.3. The first-order valence-corrected chi connectivity index (χ1v) is 9.22. The number of aryl methyl sites for hydroxylation is 1. The van der Waals surface area contributed by atoms with Crippen LogP contribution >= 0.6 is 0 Å². The minimum atomic E-state index is -0.194. The molecular formula is C21H25N3O3. The smallest absolute Gasteiger partial charge is 0.319 e. The molecule has 0 spiro atoms. The van der Waals surface area contributed by atoms with Gasteiger partial charge in [0.25, 0.3) is 0 Å². The molecule has 0 unspecified atom stereocenters. The summed E-state index contributed by atoms with van der Waals surface area (Å²) in [5.74, 6) is 1.04. The number of nitrogens with zero attached hydrogens (tertiary/aromatic N) is 1. The van der Waals surface area contributed by atoms with Crippen LogP contribution in [-0.4, -0.2) is 36.5 Å². The maximum absolute atomic E-state index is 12.2. The molecule has 2 N–H and O–H groups in total. The summed E-state index contributed by atoms with van der Waals surface area (Å²) >= 11 is 0. The first-order valence-electron chi connectivity index (χ1n) is 9.22. The van der Waals surface area contributed by atoms with Gasteiger partial charge >= 0.3 is 6.03 Å². The minimum Gasteiger partial charge on any atom is -0.465 e. The number of hydrogen-bond acceptors (Lipinski definition) is 3. The Bertz CT molecular complexity index is 791. The molecule has 27 heavy (non-hydrogen) atoms. The van der Waals surface area contributed by atoms with E-state index in [0.29, 0.717) is 31.3 Å². The van der Waals surface area contributed by atoms with Crippen LogP contribution in [0.3, 0.4) is 0 Å². The van der Waals surface area contributed by atoms with Crippen molar-refractivity contribution in [2.24, 2.45) is 5.92 Å². The van der Waals surface area contributed by atoms with Gasteiger partial charge in [-0.25, -0.2) is 4.79 Å². The van der Waals surface area contributed by atoms with Gasteiger partial charge in [0, 0.05) is 31.4 Å². The lowest BCUT2D eigenvalue weighted by Gasteiger charge is -2.31. The second kappa shape index (κ2) is 9.07. The number of carbonyl (C=O) groups is 2. The lowest BCUT2D eigenvalue weighted by Crippen LogP contribution is -2.41. The van der Waals surface area contributed by atoms with Crippen LogP contribution in [0.1, 0.15) is 24.2 Å². The van der Waals surface area contributed by atoms with Crippen molar-refractivity contribution in [3.8, 4) is 0 Å². The summed E-state index contributed by atoms with van der Waals surface area (Å²) in [7, 11) is 0. The van der Waals surface area contributed by atoms with Crippen molar-refractivity contribution in [2.45, 2.75) is 19.8 Å². The molecule has 0 aliphatic carbocycles. The van der Waals surface area contributed by atoms with E-state index in [1.807, 2.05) is 42.2 Å². The van der Waals surface area contributed by atoms with Gasteiger partial charge in [-0.1, -0.05) is 12.1 Å². The standard InChI is InChI=1S/C21H25N3O3/c1-16-4-2-5-18(14-16)23-21(26)22-15-17-9-11-24(12-10-17)20(25)8-7-19-6-3-13-27-19/h2-8,13-14,17H,9-12,15H2,1H3,(H2,22,23,26)/b8-7+. The molecule has 2 heterocycles. The molecule has 3 rings (SSSR count). The summed E-state index contributed by atoms with van der Waals surface area (Å²) in [6, 6.07) is 11.1. The third-order valence-corrected chi connectivity index (χ3v) is 4.69. The molecule has 0 atom stereocenters. The Morgan fingerprint density at radius 1 is 1.22 bits per heavy atom. The van der Waals surface area contributed by atoms with E-state index in [1.165, 1.54) is 0 Å². The van der Waals surface area contributed by atoms with Gasteiger partial charge in [0.2, 0.25) is 5.91 Å². The van der Waals surface area contributed by atoms with Crippen LogP contribution < -0.4 is 10.6 Å². The first kappa shape index (κ1) is 18.8. The molecule has 1 saturated heterocycles. The number of piperidine rings is 1. The van der Waals surface area contributed by atoms with Crippen molar-refractivity contribution in [1.82, 2.24) is 10.2 Å². The molecule has 1 aromatic carbocycles. The number of nitrogens with one attached hydrogen (secondary N) is 2. The Balaban J connectivity index is 1.38. The van der Waals surface area contributed by atoms with E-state index in [-0.39, 0.29) is 11.9 Å². The molecule has 1 aromatic heterocycles. The number of benzene rings is 1. The summed E-state index contributed by atoms with van der Waals surface area (Å²) in [6.07, 6.45) is 6.58. The van der Waals surface area contributed by atoms with Crippen molar-refractivity contribution in [3.63, 3.8) is 0 Å². The Hall–Kier alpha value is -3.02. The molecule has 0 saturated carbocycles. The molecule has 2 aromatic rings. The van der Waals surface area contributed by atoms with Crippen molar-refractivity contribution >= 4 is 23.7 Å². The van der Waals surface area contributed by atoms with E-state index in [1.54, 1.807) is 24.5 Å². The summed E-state index contributed by atoms with van der Waals surface area (Å²) in [6.45, 7) is 4.00. The van der Waals surface area contributed by atoms with E-state index in [9.17, 15) is 9.59 Å². The largest absolute Gasteiger partial charge is 0.465 e. The fourth-order valence-corrected chi connectivity index (χ4v) is 3.14. The summed E-state index contributed by atoms with van der Waals surface area (Å²) in [5.41, 5.74) is 1.89. The molecule has 0 radical (unpaired) electrons. The quantitative estimate of drug-likeness (QED) is 0.792. The predicted octanol–water partition coefficient (Wildman–Crippen LogP) is 3.66. The van der Waals surface area contributed by atoms with Crippen LogP contribution in [0.15, 0.2) is 53.2 Å². The monoisotopic (exact) mass is 367 g/mol. The molecule has 3 amide bonds. The molecule has 0 bridgehead atoms. The normalized spacial score (nSPS) is 15.1. The maximum atomic E-state index is 12.2. The third-order valence-electron chi connectivity index (χ3n) is 4.69. The number of likely N-dealkylation sites (tertiary alicyclic amines) is 1. The fourth-order valence-electron chi connectivity index (χ4n) is 3.14. The number of rotatable bonds is 5. The number of carbonyl (C=O) groups excluding carboxylic acids is 2. The fraction of sp³-hybridized carbons (Fsp3) is 0.333. The van der Waals surface area contributed by atoms with Gasteiger partial charge in [-0.05, 0) is 61.6 Å². The summed E-state index contributed by atoms with van der Waals surface area (Å²) in [4.78, 5) is 26.1. The summed E-state index contributed by atoms with van der Waals surface area (Å²) in [5, 5.41) is 5.78. The Labute approximate surface area is 159 Å². The zero-order chi connectivity index (χ0) is 19.1. The number of anilines is 1. The second-order valence-electron chi connectivity index (χ2n) is 6.82. The molecule has 1 fully saturated rings. The number of furan rings is 1. The molecule has 1 aliphatic rings. The minimum absolute atomic E-state index is 0.00463. The van der Waals surface area contributed by atoms with Crippen molar-refractivity contribution in [3.05, 3.63) is 60.1 Å². The SMILES string of the molecule is Cc1cccc(NC(=O)NCC2CCN(C(=O)/C=C/c3ccco3)CC2)c1. The van der Waals surface area contributed by atoms with E-state index in [0.717, 1.165) is 24.1 Å². The molecular weight excluding hydrogens is 342 g/mol. The topological polar surface area (TPSA) is 74.6 Å². The highest BCUT2D eigenvalue weighted by molar-refractivity contribution is 5.91. The van der Waals surface area contributed by atoms with Crippen LogP contribution in [0.4, 0.5) is 10.5 Å². The zero-order valence-electron chi connectivity index (χ0n) is 15.5. The van der Waals surface area contributed by atoms with Gasteiger partial charge in [0.05, 0.1) is 6.26 Å². The van der Waals surface area contributed by atoms with Crippen molar-refractivity contribution in [2.75, 3.05) is 25.0 Å². The van der Waals surface area contributed by atoms with Crippen molar-refractivity contribution < 1.29 is 14.0 Å². The number of hydrogen-bond donors (Lipinski definition) is 2. The van der Waals surface area contributed by atoms with Crippen molar-refractivity contribution in [1.29, 1.82) is 0 Å². The Morgan fingerprint density at radius 2 is 2.04 bits per heavy atom. The van der Waals surface area contributed by atoms with Crippen LogP contribution in [0.25, 0.3) is 6.08 Å². The Morgan fingerprint density at radius 3 is 2.74 bits per heavy atom. The maximum Gasteiger partial charge on any atom is 0.319 e. The number of amides is 3. The number of urea groups is 1. The predicted molar refractivity (Wildman–Crippen MR) is 105 cm³/mol. The third kappa shape index (κ3) is 5.74. The van der Waals surface area contributed by atoms with Gasteiger partial charge in [0.15, 0.2) is 0 Å². The van der Waals surface area contributed by atoms with E-state index in [4.69, 9.17) is 4.42 Å².